The fourth-order valence-electron chi connectivity index (χ4n) is 3.21. The van der Waals surface area contributed by atoms with Gasteiger partial charge in [-0.1, -0.05) is 24.3 Å². The van der Waals surface area contributed by atoms with Crippen LogP contribution in [-0.2, 0) is 10.0 Å². The van der Waals surface area contributed by atoms with Gasteiger partial charge in [0.05, 0.1) is 29.8 Å². The Labute approximate surface area is 172 Å². The number of hydrogen-bond donors (Lipinski definition) is 1. The molecular formula is C18H13Br2NO3S2. The molecule has 0 radical (unpaired) electrons. The fourth-order valence-corrected chi connectivity index (χ4v) is 7.09. The lowest BCUT2D eigenvalue weighted by atomic mass is 9.96. The molecule has 0 bridgehead atoms. The Hall–Kier alpha value is -1.35. The normalized spacial score (nSPS) is 16.3. The zero-order valence-corrected chi connectivity index (χ0v) is 18.3. The predicted octanol–water partition coefficient (Wildman–Crippen LogP) is 5.92. The first-order valence-corrected chi connectivity index (χ1v) is 11.6. The van der Waals surface area contributed by atoms with Crippen molar-refractivity contribution in [1.29, 1.82) is 0 Å². The van der Waals surface area contributed by atoms with Crippen molar-refractivity contribution in [1.82, 2.24) is 0 Å². The van der Waals surface area contributed by atoms with E-state index in [1.54, 1.807) is 0 Å². The lowest BCUT2D eigenvalue weighted by Gasteiger charge is -2.35. The van der Waals surface area contributed by atoms with Gasteiger partial charge in [-0.25, -0.2) is 8.42 Å². The van der Waals surface area contributed by atoms with E-state index in [2.05, 4.69) is 31.9 Å². The third-order valence-corrected chi connectivity index (χ3v) is 8.58. The molecule has 0 saturated carbocycles. The number of rotatable bonds is 2. The molecule has 4 nitrogen and oxygen atoms in total. The summed E-state index contributed by atoms with van der Waals surface area (Å²) in [5.41, 5.74) is 2.69. The minimum Gasteiger partial charge on any atom is -0.507 e. The number of nitrogens with zero attached hydrogens (tertiary/aromatic N) is 1. The third-order valence-electron chi connectivity index (χ3n) is 4.40. The van der Waals surface area contributed by atoms with Crippen molar-refractivity contribution in [2.24, 2.45) is 0 Å². The monoisotopic (exact) mass is 513 g/mol. The van der Waals surface area contributed by atoms with Crippen molar-refractivity contribution < 1.29 is 13.5 Å². The molecule has 1 atom stereocenters. The Balaban J connectivity index is 1.95. The van der Waals surface area contributed by atoms with Gasteiger partial charge in [-0.2, -0.15) is 0 Å². The van der Waals surface area contributed by atoms with E-state index >= 15 is 0 Å². The summed E-state index contributed by atoms with van der Waals surface area (Å²) in [5.74, 6) is -0.0000416. The van der Waals surface area contributed by atoms with Gasteiger partial charge in [-0.3, -0.25) is 4.31 Å². The summed E-state index contributed by atoms with van der Waals surface area (Å²) < 4.78 is 29.6. The molecule has 1 aromatic heterocycles. The molecule has 0 saturated heterocycles. The molecule has 134 valence electrons. The summed E-state index contributed by atoms with van der Waals surface area (Å²) in [6.07, 6.45) is 0. The fraction of sp³-hybridized carbons (Fsp3) is 0.111. The van der Waals surface area contributed by atoms with Gasteiger partial charge in [-0.05, 0) is 74.2 Å². The van der Waals surface area contributed by atoms with Gasteiger partial charge in [0.15, 0.2) is 0 Å². The Kier molecular flexibility index (Phi) is 4.42. The van der Waals surface area contributed by atoms with E-state index in [0.717, 1.165) is 19.8 Å². The average Bonchev–Trinajstić information content (AvgIpc) is 2.98. The first-order valence-electron chi connectivity index (χ1n) is 7.72. The summed E-state index contributed by atoms with van der Waals surface area (Å²) in [6.45, 7) is 1.89. The number of halogens is 2. The number of hydrogen-bond acceptors (Lipinski definition) is 4. The molecule has 0 fully saturated rings. The van der Waals surface area contributed by atoms with Gasteiger partial charge in [0.2, 0.25) is 0 Å². The molecule has 26 heavy (non-hydrogen) atoms. The highest BCUT2D eigenvalue weighted by atomic mass is 79.9. The number of fused-ring (bicyclic) bond motifs is 3. The number of phenolic OH excluding ortho intramolecular Hbond substituents is 1. The average molecular weight is 515 g/mol. The first kappa shape index (κ1) is 18.0. The van der Waals surface area contributed by atoms with Crippen LogP contribution >= 0.6 is 43.2 Å². The van der Waals surface area contributed by atoms with Gasteiger partial charge < -0.3 is 5.11 Å². The highest BCUT2D eigenvalue weighted by Crippen LogP contribution is 2.52. The van der Waals surface area contributed by atoms with Crippen molar-refractivity contribution in [3.05, 3.63) is 62.4 Å². The Bertz CT molecular complexity index is 1130. The molecule has 3 aromatic rings. The van der Waals surface area contributed by atoms with Gasteiger partial charge >= 0.3 is 0 Å². The molecule has 4 rings (SSSR count). The predicted molar refractivity (Wildman–Crippen MR) is 111 cm³/mol. The summed E-state index contributed by atoms with van der Waals surface area (Å²) in [4.78, 5) is 1.05. The Morgan fingerprint density at radius 2 is 1.85 bits per heavy atom. The van der Waals surface area contributed by atoms with E-state index in [0.29, 0.717) is 10.2 Å². The van der Waals surface area contributed by atoms with Crippen LogP contribution in [0.1, 0.15) is 18.5 Å². The molecule has 2 aromatic carbocycles. The van der Waals surface area contributed by atoms with Gasteiger partial charge in [0, 0.05) is 0 Å². The molecule has 8 heteroatoms. The molecule has 2 heterocycles. The van der Waals surface area contributed by atoms with Crippen LogP contribution in [0.2, 0.25) is 0 Å². The second kappa shape index (κ2) is 6.37. The standard InChI is InChI=1S/C18H13Br2NO3S2/c1-10-12-4-2-3-5-13(12)18-15(9-17(20)25-18)21(10)26(23,24)11-6-7-16(22)14(19)8-11/h2-10,22H,1H3. The topological polar surface area (TPSA) is 57.6 Å². The molecular weight excluding hydrogens is 502 g/mol. The lowest BCUT2D eigenvalue weighted by Crippen LogP contribution is -2.35. The third kappa shape index (κ3) is 2.70. The molecule has 0 spiro atoms. The zero-order valence-electron chi connectivity index (χ0n) is 13.5. The number of benzene rings is 2. The van der Waals surface area contributed by atoms with E-state index in [-0.39, 0.29) is 16.7 Å². The first-order chi connectivity index (χ1) is 12.3. The largest absolute Gasteiger partial charge is 0.507 e. The van der Waals surface area contributed by atoms with Crippen LogP contribution < -0.4 is 4.31 Å². The number of thiophene rings is 1. The van der Waals surface area contributed by atoms with Crippen molar-refractivity contribution in [2.45, 2.75) is 17.9 Å². The summed E-state index contributed by atoms with van der Waals surface area (Å²) in [5, 5.41) is 9.70. The van der Waals surface area contributed by atoms with Crippen molar-refractivity contribution in [3.8, 4) is 16.2 Å². The molecule has 1 aliphatic rings. The van der Waals surface area contributed by atoms with Crippen molar-refractivity contribution in [2.75, 3.05) is 4.31 Å². The van der Waals surface area contributed by atoms with E-state index in [9.17, 15) is 13.5 Å². The van der Waals surface area contributed by atoms with Crippen LogP contribution in [-0.4, -0.2) is 13.5 Å². The minimum absolute atomic E-state index is 0.0000416. The van der Waals surface area contributed by atoms with Gasteiger partial charge in [0.1, 0.15) is 5.75 Å². The second-order valence-electron chi connectivity index (χ2n) is 5.94. The molecule has 0 aliphatic carbocycles. The Morgan fingerprint density at radius 1 is 1.12 bits per heavy atom. The lowest BCUT2D eigenvalue weighted by molar-refractivity contribution is 0.471. The Morgan fingerprint density at radius 3 is 2.58 bits per heavy atom. The van der Waals surface area contributed by atoms with Crippen LogP contribution in [0.4, 0.5) is 5.69 Å². The molecule has 1 unspecified atom stereocenters. The molecule has 0 amide bonds. The maximum absolute atomic E-state index is 13.5. The highest BCUT2D eigenvalue weighted by molar-refractivity contribution is 9.11. The highest BCUT2D eigenvalue weighted by Gasteiger charge is 2.38. The van der Waals surface area contributed by atoms with Crippen molar-refractivity contribution >= 4 is 58.9 Å². The van der Waals surface area contributed by atoms with E-state index < -0.39 is 10.0 Å². The van der Waals surface area contributed by atoms with E-state index in [4.69, 9.17) is 0 Å². The summed E-state index contributed by atoms with van der Waals surface area (Å²) >= 11 is 8.21. The molecule has 1 N–H and O–H groups in total. The zero-order chi connectivity index (χ0) is 18.6. The summed E-state index contributed by atoms with van der Waals surface area (Å²) in [6, 6.07) is 13.6. The van der Waals surface area contributed by atoms with Crippen molar-refractivity contribution in [3.63, 3.8) is 0 Å². The quantitative estimate of drug-likeness (QED) is 0.462. The van der Waals surface area contributed by atoms with Crippen LogP contribution in [0.15, 0.2) is 61.7 Å². The maximum Gasteiger partial charge on any atom is 0.264 e. The van der Waals surface area contributed by atoms with Crippen LogP contribution in [0.3, 0.4) is 0 Å². The smallest absolute Gasteiger partial charge is 0.264 e. The van der Waals surface area contributed by atoms with Crippen LogP contribution in [0.5, 0.6) is 5.75 Å². The molecule has 1 aliphatic heterocycles. The van der Waals surface area contributed by atoms with E-state index in [1.165, 1.54) is 33.8 Å². The maximum atomic E-state index is 13.5. The van der Waals surface area contributed by atoms with Crippen LogP contribution in [0.25, 0.3) is 10.4 Å². The number of anilines is 1. The second-order valence-corrected chi connectivity index (χ2v) is 11.0. The summed E-state index contributed by atoms with van der Waals surface area (Å²) in [7, 11) is -3.82. The van der Waals surface area contributed by atoms with Gasteiger partial charge in [-0.15, -0.1) is 11.3 Å². The van der Waals surface area contributed by atoms with Crippen LogP contribution in [0, 0.1) is 0 Å². The number of sulfonamides is 1. The SMILES string of the molecule is CC1c2ccccc2-c2sc(Br)cc2N1S(=O)(=O)c1ccc(O)c(Br)c1. The van der Waals surface area contributed by atoms with Gasteiger partial charge in [0.25, 0.3) is 10.0 Å². The van der Waals surface area contributed by atoms with E-state index in [1.807, 2.05) is 37.3 Å². The number of aromatic hydroxyl groups is 1. The number of phenols is 1. The minimum atomic E-state index is -3.82.